The summed E-state index contributed by atoms with van der Waals surface area (Å²) < 4.78 is 9.72. The number of nitrogens with zero attached hydrogens (tertiary/aromatic N) is 1. The van der Waals surface area contributed by atoms with Crippen molar-refractivity contribution in [2.45, 2.75) is 45.4 Å². The van der Waals surface area contributed by atoms with Crippen LogP contribution in [0.15, 0.2) is 36.9 Å². The topological polar surface area (TPSA) is 134 Å². The van der Waals surface area contributed by atoms with Gasteiger partial charge in [-0.25, -0.2) is 4.79 Å². The minimum Gasteiger partial charge on any atom is -0.508 e. The van der Waals surface area contributed by atoms with Crippen LogP contribution in [0.4, 0.5) is 4.79 Å². The molecule has 0 aliphatic heterocycles. The summed E-state index contributed by atoms with van der Waals surface area (Å²) in [5.41, 5.74) is -0.374. The third kappa shape index (κ3) is 8.29. The molecule has 176 valence electrons. The number of phenolic OH excluding ortho intramolecular Hbond substituents is 1. The summed E-state index contributed by atoms with van der Waals surface area (Å²) >= 11 is 0. The summed E-state index contributed by atoms with van der Waals surface area (Å²) in [4.78, 5) is 50.9. The van der Waals surface area contributed by atoms with Gasteiger partial charge in [0, 0.05) is 6.54 Å². The number of ether oxygens (including phenoxy) is 2. The molecule has 10 heteroatoms. The van der Waals surface area contributed by atoms with E-state index in [9.17, 15) is 24.3 Å². The van der Waals surface area contributed by atoms with E-state index in [1.54, 1.807) is 20.8 Å². The molecular weight excluding hydrogens is 418 g/mol. The highest BCUT2D eigenvalue weighted by Crippen LogP contribution is 2.24. The molecule has 0 radical (unpaired) electrons. The lowest BCUT2D eigenvalue weighted by molar-refractivity contribution is -0.144. The molecule has 0 spiro atoms. The van der Waals surface area contributed by atoms with Gasteiger partial charge < -0.3 is 30.1 Å². The van der Waals surface area contributed by atoms with Gasteiger partial charge in [-0.1, -0.05) is 18.2 Å². The lowest BCUT2D eigenvalue weighted by atomic mass is 10.0. The molecule has 1 aromatic carbocycles. The Balaban J connectivity index is 3.21. The molecule has 0 bridgehead atoms. The zero-order valence-corrected chi connectivity index (χ0v) is 19.0. The summed E-state index contributed by atoms with van der Waals surface area (Å²) in [6.45, 7) is 9.74. The minimum atomic E-state index is -1.17. The Bertz CT molecular complexity index is 831. The molecule has 0 saturated carbocycles. The Morgan fingerprint density at radius 1 is 1.19 bits per heavy atom. The average Bonchev–Trinajstić information content (AvgIpc) is 2.70. The number of hydrogen-bond acceptors (Lipinski definition) is 7. The first-order valence-corrected chi connectivity index (χ1v) is 9.94. The number of carbonyl (C=O) groups is 4. The number of amides is 3. The van der Waals surface area contributed by atoms with E-state index in [2.05, 4.69) is 21.9 Å². The van der Waals surface area contributed by atoms with E-state index in [4.69, 9.17) is 4.74 Å². The first-order valence-electron chi connectivity index (χ1n) is 9.94. The van der Waals surface area contributed by atoms with Crippen molar-refractivity contribution < 1.29 is 33.8 Å². The molecule has 0 aromatic heterocycles. The van der Waals surface area contributed by atoms with Gasteiger partial charge in [-0.3, -0.25) is 14.4 Å². The number of rotatable bonds is 9. The standard InChI is InChI=1S/C22H31N3O7/c1-7-12-25(20(29)14(2)24-21(30)32-22(3,4)5)18(15-8-10-16(26)11-9-15)19(28)23-13-17(27)31-6/h7-11,14,18,26H,1,12-13H2,2-6H3,(H,23,28)(H,24,30). The average molecular weight is 450 g/mol. The van der Waals surface area contributed by atoms with E-state index < -0.39 is 48.1 Å². The molecule has 32 heavy (non-hydrogen) atoms. The van der Waals surface area contributed by atoms with E-state index in [1.807, 2.05) is 0 Å². The van der Waals surface area contributed by atoms with Crippen molar-refractivity contribution in [3.63, 3.8) is 0 Å². The van der Waals surface area contributed by atoms with Gasteiger partial charge in [-0.15, -0.1) is 6.58 Å². The molecular formula is C22H31N3O7. The number of benzene rings is 1. The van der Waals surface area contributed by atoms with Gasteiger partial charge in [-0.05, 0) is 45.4 Å². The lowest BCUT2D eigenvalue weighted by Gasteiger charge is -2.32. The summed E-state index contributed by atoms with van der Waals surface area (Å²) in [7, 11) is 1.18. The molecule has 0 fully saturated rings. The zero-order chi connectivity index (χ0) is 24.5. The highest BCUT2D eigenvalue weighted by Gasteiger charge is 2.34. The van der Waals surface area contributed by atoms with Crippen molar-refractivity contribution in [1.82, 2.24) is 15.5 Å². The quantitative estimate of drug-likeness (QED) is 0.385. The predicted octanol–water partition coefficient (Wildman–Crippen LogP) is 1.65. The second-order valence-electron chi connectivity index (χ2n) is 7.94. The minimum absolute atomic E-state index is 0.0240. The molecule has 3 N–H and O–H groups in total. The van der Waals surface area contributed by atoms with Crippen molar-refractivity contribution in [2.75, 3.05) is 20.2 Å². The van der Waals surface area contributed by atoms with Crippen LogP contribution in [0.2, 0.25) is 0 Å². The summed E-state index contributed by atoms with van der Waals surface area (Å²) in [5.74, 6) is -1.92. The molecule has 0 heterocycles. The van der Waals surface area contributed by atoms with Crippen LogP contribution in [0, 0.1) is 0 Å². The fourth-order valence-corrected chi connectivity index (χ4v) is 2.71. The maximum atomic E-state index is 13.2. The predicted molar refractivity (Wildman–Crippen MR) is 117 cm³/mol. The summed E-state index contributed by atoms with van der Waals surface area (Å²) in [5, 5.41) is 14.5. The molecule has 3 amide bonds. The molecule has 10 nitrogen and oxygen atoms in total. The lowest BCUT2D eigenvalue weighted by Crippen LogP contribution is -2.52. The smallest absolute Gasteiger partial charge is 0.408 e. The number of phenols is 1. The van der Waals surface area contributed by atoms with Crippen molar-refractivity contribution >= 4 is 23.9 Å². The number of carbonyl (C=O) groups excluding carboxylic acids is 4. The maximum absolute atomic E-state index is 13.2. The fraction of sp³-hybridized carbons (Fsp3) is 0.455. The normalized spacial score (nSPS) is 12.7. The van der Waals surface area contributed by atoms with E-state index in [0.717, 1.165) is 0 Å². The second kappa shape index (κ2) is 11.7. The van der Waals surface area contributed by atoms with Crippen molar-refractivity contribution in [3.8, 4) is 5.75 Å². The first kappa shape index (κ1) is 26.5. The van der Waals surface area contributed by atoms with Crippen LogP contribution >= 0.6 is 0 Å². The van der Waals surface area contributed by atoms with Gasteiger partial charge in [0.05, 0.1) is 7.11 Å². The Kier molecular flexibility index (Phi) is 9.70. The van der Waals surface area contributed by atoms with E-state index in [1.165, 1.54) is 49.3 Å². The molecule has 2 atom stereocenters. The number of aromatic hydroxyl groups is 1. The third-order valence-corrected chi connectivity index (χ3v) is 4.12. The van der Waals surface area contributed by atoms with Gasteiger partial charge in [0.1, 0.15) is 30.0 Å². The summed E-state index contributed by atoms with van der Waals surface area (Å²) in [6, 6.07) is 3.50. The number of esters is 1. The van der Waals surface area contributed by atoms with Crippen LogP contribution in [-0.2, 0) is 23.9 Å². The third-order valence-electron chi connectivity index (χ3n) is 4.12. The van der Waals surface area contributed by atoms with Crippen LogP contribution in [0.5, 0.6) is 5.75 Å². The number of nitrogens with one attached hydrogen (secondary N) is 2. The molecule has 2 unspecified atom stereocenters. The van der Waals surface area contributed by atoms with Gasteiger partial charge in [0.2, 0.25) is 11.8 Å². The van der Waals surface area contributed by atoms with E-state index in [-0.39, 0.29) is 12.3 Å². The van der Waals surface area contributed by atoms with Crippen LogP contribution in [0.25, 0.3) is 0 Å². The number of methoxy groups -OCH3 is 1. The number of hydrogen-bond donors (Lipinski definition) is 3. The molecule has 0 aliphatic carbocycles. The highest BCUT2D eigenvalue weighted by molar-refractivity contribution is 5.93. The van der Waals surface area contributed by atoms with Gasteiger partial charge >= 0.3 is 12.1 Å². The SMILES string of the molecule is C=CCN(C(=O)C(C)NC(=O)OC(C)(C)C)C(C(=O)NCC(=O)OC)c1ccc(O)cc1. The Morgan fingerprint density at radius 3 is 2.28 bits per heavy atom. The van der Waals surface area contributed by atoms with Crippen molar-refractivity contribution in [3.05, 3.63) is 42.5 Å². The second-order valence-corrected chi connectivity index (χ2v) is 7.94. The molecule has 1 aromatic rings. The van der Waals surface area contributed by atoms with Gasteiger partial charge in [0.15, 0.2) is 0 Å². The number of alkyl carbamates (subject to hydrolysis) is 1. The molecule has 0 saturated heterocycles. The van der Waals surface area contributed by atoms with E-state index in [0.29, 0.717) is 5.56 Å². The van der Waals surface area contributed by atoms with Crippen LogP contribution in [-0.4, -0.2) is 65.7 Å². The summed E-state index contributed by atoms with van der Waals surface area (Å²) in [6.07, 6.45) is 0.646. The maximum Gasteiger partial charge on any atom is 0.408 e. The first-order chi connectivity index (χ1) is 14.9. The van der Waals surface area contributed by atoms with Crippen LogP contribution < -0.4 is 10.6 Å². The highest BCUT2D eigenvalue weighted by atomic mass is 16.6. The van der Waals surface area contributed by atoms with Gasteiger partial charge in [0.25, 0.3) is 0 Å². The Labute approximate surface area is 187 Å². The molecule has 1 rings (SSSR count). The van der Waals surface area contributed by atoms with Crippen LogP contribution in [0.1, 0.15) is 39.3 Å². The monoisotopic (exact) mass is 449 g/mol. The van der Waals surface area contributed by atoms with E-state index >= 15 is 0 Å². The molecule has 0 aliphatic rings. The van der Waals surface area contributed by atoms with Crippen molar-refractivity contribution in [1.29, 1.82) is 0 Å². The van der Waals surface area contributed by atoms with Gasteiger partial charge in [-0.2, -0.15) is 0 Å². The van der Waals surface area contributed by atoms with Crippen molar-refractivity contribution in [2.24, 2.45) is 0 Å². The largest absolute Gasteiger partial charge is 0.508 e. The zero-order valence-electron chi connectivity index (χ0n) is 19.0. The van der Waals surface area contributed by atoms with Crippen LogP contribution in [0.3, 0.4) is 0 Å². The Hall–Kier alpha value is -3.56. The fourth-order valence-electron chi connectivity index (χ4n) is 2.71. The Morgan fingerprint density at radius 2 is 1.78 bits per heavy atom.